The molecule has 0 bridgehead atoms. The van der Waals surface area contributed by atoms with E-state index in [1.165, 1.54) is 12.1 Å². The number of anilines is 1. The number of benzene rings is 3. The molecule has 1 aliphatic heterocycles. The van der Waals surface area contributed by atoms with Crippen molar-refractivity contribution >= 4 is 33.3 Å². The molecule has 3 aromatic rings. The third kappa shape index (κ3) is 4.10. The molecule has 0 atom stereocenters. The van der Waals surface area contributed by atoms with Crippen LogP contribution >= 0.6 is 11.6 Å². The molecule has 0 unspecified atom stereocenters. The van der Waals surface area contributed by atoms with E-state index in [-0.39, 0.29) is 28.8 Å². The molecule has 1 aliphatic rings. The lowest BCUT2D eigenvalue weighted by molar-refractivity contribution is 0.483. The second-order valence-corrected chi connectivity index (χ2v) is 8.71. The minimum absolute atomic E-state index is 0.00696. The van der Waals surface area contributed by atoms with Gasteiger partial charge in [0.1, 0.15) is 22.1 Å². The Hall–Kier alpha value is -3.10. The maximum Gasteiger partial charge on any atom is 0.266 e. The lowest BCUT2D eigenvalue weighted by Crippen LogP contribution is -2.40. The summed E-state index contributed by atoms with van der Waals surface area (Å²) in [6, 6.07) is 16.3. The highest BCUT2D eigenvalue weighted by Crippen LogP contribution is 2.38. The number of nitrogens with zero attached hydrogens (tertiary/aromatic N) is 1. The van der Waals surface area contributed by atoms with Crippen LogP contribution < -0.4 is 14.8 Å². The molecule has 0 amide bonds. The topological polar surface area (TPSA) is 79.8 Å². The molecule has 0 spiro atoms. The second kappa shape index (κ2) is 7.97. The van der Waals surface area contributed by atoms with Crippen LogP contribution in [0.2, 0.25) is 5.02 Å². The van der Waals surface area contributed by atoms with Crippen LogP contribution in [0, 0.1) is 12.7 Å². The molecular formula is C21H17ClFN3O3S. The van der Waals surface area contributed by atoms with E-state index in [9.17, 15) is 12.8 Å². The number of aryl methyl sites for hydroxylation is 1. The second-order valence-electron chi connectivity index (χ2n) is 6.65. The van der Waals surface area contributed by atoms with E-state index < -0.39 is 15.8 Å². The number of para-hydroxylation sites is 2. The van der Waals surface area contributed by atoms with Gasteiger partial charge in [-0.25, -0.2) is 22.5 Å². The fourth-order valence-corrected chi connectivity index (χ4v) is 4.26. The van der Waals surface area contributed by atoms with Gasteiger partial charge in [0, 0.05) is 5.56 Å². The predicted molar refractivity (Wildman–Crippen MR) is 114 cm³/mol. The fourth-order valence-electron chi connectivity index (χ4n) is 2.93. The molecular weight excluding hydrogens is 429 g/mol. The van der Waals surface area contributed by atoms with E-state index in [0.29, 0.717) is 16.3 Å². The number of guanidine groups is 1. The number of ether oxygens (including phenoxy) is 1. The summed E-state index contributed by atoms with van der Waals surface area (Å²) in [6.45, 7) is 1.74. The van der Waals surface area contributed by atoms with Gasteiger partial charge in [-0.2, -0.15) is 0 Å². The molecule has 4 rings (SSSR count). The summed E-state index contributed by atoms with van der Waals surface area (Å²) < 4.78 is 47.7. The Labute approximate surface area is 178 Å². The third-order valence-electron chi connectivity index (χ3n) is 4.42. The van der Waals surface area contributed by atoms with E-state index in [0.717, 1.165) is 5.56 Å². The summed E-state index contributed by atoms with van der Waals surface area (Å²) in [5.74, 6) is 0.212. The van der Waals surface area contributed by atoms with Crippen molar-refractivity contribution in [3.05, 3.63) is 82.6 Å². The molecule has 3 aromatic carbocycles. The molecule has 30 heavy (non-hydrogen) atoms. The summed E-state index contributed by atoms with van der Waals surface area (Å²) in [7, 11) is -3.89. The first-order valence-electron chi connectivity index (χ1n) is 8.98. The number of nitrogens with one attached hydrogen (secondary N) is 2. The SMILES string of the molecule is Cc1ccc(CN=C2Nc3c(Oc4ccccc4Cl)cccc3S(=O)(=O)N2)c(F)c1. The molecule has 154 valence electrons. The smallest absolute Gasteiger partial charge is 0.266 e. The first kappa shape index (κ1) is 20.2. The van der Waals surface area contributed by atoms with Crippen LogP contribution in [0.5, 0.6) is 11.5 Å². The molecule has 0 saturated carbocycles. The molecule has 0 aromatic heterocycles. The first-order valence-corrected chi connectivity index (χ1v) is 10.8. The average Bonchev–Trinajstić information content (AvgIpc) is 2.69. The largest absolute Gasteiger partial charge is 0.454 e. The molecule has 6 nitrogen and oxygen atoms in total. The lowest BCUT2D eigenvalue weighted by Gasteiger charge is -2.23. The molecule has 0 aliphatic carbocycles. The highest BCUT2D eigenvalue weighted by Gasteiger charge is 2.29. The Balaban J connectivity index is 1.68. The van der Waals surface area contributed by atoms with Crippen LogP contribution in [0.1, 0.15) is 11.1 Å². The van der Waals surface area contributed by atoms with Crippen LogP contribution in [-0.4, -0.2) is 14.4 Å². The molecule has 0 radical (unpaired) electrons. The van der Waals surface area contributed by atoms with Crippen molar-refractivity contribution < 1.29 is 17.5 Å². The summed E-state index contributed by atoms with van der Waals surface area (Å²) in [4.78, 5) is 4.20. The third-order valence-corrected chi connectivity index (χ3v) is 6.12. The van der Waals surface area contributed by atoms with Gasteiger partial charge in [0.2, 0.25) is 5.96 Å². The zero-order valence-electron chi connectivity index (χ0n) is 15.8. The van der Waals surface area contributed by atoms with Crippen molar-refractivity contribution in [3.63, 3.8) is 0 Å². The summed E-state index contributed by atoms with van der Waals surface area (Å²) in [6.07, 6.45) is 0. The fraction of sp³-hybridized carbons (Fsp3) is 0.0952. The highest BCUT2D eigenvalue weighted by molar-refractivity contribution is 7.90. The van der Waals surface area contributed by atoms with Crippen molar-refractivity contribution in [2.24, 2.45) is 4.99 Å². The summed E-state index contributed by atoms with van der Waals surface area (Å²) >= 11 is 6.15. The maximum atomic E-state index is 14.1. The van der Waals surface area contributed by atoms with Crippen molar-refractivity contribution in [1.82, 2.24) is 4.72 Å². The Bertz CT molecular complexity index is 1260. The Kier molecular flexibility index (Phi) is 5.36. The van der Waals surface area contributed by atoms with Crippen LogP contribution in [0.15, 0.2) is 70.6 Å². The van der Waals surface area contributed by atoms with Crippen LogP contribution in [0.4, 0.5) is 10.1 Å². The molecule has 1 heterocycles. The number of sulfonamides is 1. The molecule has 0 saturated heterocycles. The van der Waals surface area contributed by atoms with Gasteiger partial charge in [-0.3, -0.25) is 0 Å². The van der Waals surface area contributed by atoms with E-state index in [1.54, 1.807) is 55.5 Å². The minimum atomic E-state index is -3.89. The monoisotopic (exact) mass is 445 g/mol. The zero-order chi connectivity index (χ0) is 21.3. The highest BCUT2D eigenvalue weighted by atomic mass is 35.5. The predicted octanol–water partition coefficient (Wildman–Crippen LogP) is 4.84. The minimum Gasteiger partial charge on any atom is -0.454 e. The molecule has 2 N–H and O–H groups in total. The number of fused-ring (bicyclic) bond motifs is 1. The Morgan fingerprint density at radius 2 is 1.83 bits per heavy atom. The van der Waals surface area contributed by atoms with Gasteiger partial charge in [-0.05, 0) is 42.8 Å². The number of hydrogen-bond acceptors (Lipinski definition) is 4. The van der Waals surface area contributed by atoms with Crippen molar-refractivity contribution in [1.29, 1.82) is 0 Å². The van der Waals surface area contributed by atoms with E-state index in [1.807, 2.05) is 0 Å². The van der Waals surface area contributed by atoms with Crippen LogP contribution in [0.3, 0.4) is 0 Å². The van der Waals surface area contributed by atoms with E-state index in [4.69, 9.17) is 16.3 Å². The van der Waals surface area contributed by atoms with Gasteiger partial charge >= 0.3 is 0 Å². The van der Waals surface area contributed by atoms with Gasteiger partial charge in [0.15, 0.2) is 5.75 Å². The standard InChI is InChI=1S/C21H17ClFN3O3S/c1-13-9-10-14(16(23)11-13)12-24-21-25-20-18(29-17-6-3-2-5-15(17)22)7-4-8-19(20)30(27,28)26-21/h2-11H,12H2,1H3,(H2,24,25,26). The normalized spacial score (nSPS) is 15.8. The number of rotatable bonds is 4. The van der Waals surface area contributed by atoms with E-state index in [2.05, 4.69) is 15.0 Å². The number of hydrogen-bond donors (Lipinski definition) is 2. The van der Waals surface area contributed by atoms with Gasteiger partial charge < -0.3 is 10.1 Å². The number of halogens is 2. The summed E-state index contributed by atoms with van der Waals surface area (Å²) in [5.41, 5.74) is 1.36. The van der Waals surface area contributed by atoms with Crippen LogP contribution in [0.25, 0.3) is 0 Å². The van der Waals surface area contributed by atoms with E-state index >= 15 is 0 Å². The van der Waals surface area contributed by atoms with Gasteiger partial charge in [0.25, 0.3) is 10.0 Å². The Morgan fingerprint density at radius 3 is 2.60 bits per heavy atom. The van der Waals surface area contributed by atoms with Gasteiger partial charge in [0.05, 0.1) is 11.6 Å². The Morgan fingerprint density at radius 1 is 1.07 bits per heavy atom. The average molecular weight is 446 g/mol. The summed E-state index contributed by atoms with van der Waals surface area (Å²) in [5, 5.41) is 3.32. The van der Waals surface area contributed by atoms with Crippen molar-refractivity contribution in [2.45, 2.75) is 18.4 Å². The van der Waals surface area contributed by atoms with Crippen LogP contribution in [-0.2, 0) is 16.6 Å². The molecule has 0 fully saturated rings. The number of aliphatic imine (C=N–C) groups is 1. The zero-order valence-corrected chi connectivity index (χ0v) is 17.4. The first-order chi connectivity index (χ1) is 14.3. The van der Waals surface area contributed by atoms with Gasteiger partial charge in [-0.15, -0.1) is 0 Å². The lowest BCUT2D eigenvalue weighted by atomic mass is 10.1. The van der Waals surface area contributed by atoms with Crippen molar-refractivity contribution in [3.8, 4) is 11.5 Å². The maximum absolute atomic E-state index is 14.1. The quantitative estimate of drug-likeness (QED) is 0.602. The van der Waals surface area contributed by atoms with Gasteiger partial charge in [-0.1, -0.05) is 41.9 Å². The van der Waals surface area contributed by atoms with Crippen molar-refractivity contribution in [2.75, 3.05) is 5.32 Å². The molecule has 9 heteroatoms.